The van der Waals surface area contributed by atoms with Crippen LogP contribution in [0.4, 0.5) is 0 Å². The second kappa shape index (κ2) is 5.96. The Morgan fingerprint density at radius 2 is 1.75 bits per heavy atom. The SMILES string of the molecule is CC1CCC(C(C)C)C(NC2CC(C)N(C3CC3)C2)C1. The molecule has 1 N–H and O–H groups in total. The monoisotopic (exact) mass is 278 g/mol. The van der Waals surface area contributed by atoms with E-state index in [4.69, 9.17) is 0 Å². The van der Waals surface area contributed by atoms with Gasteiger partial charge >= 0.3 is 0 Å². The van der Waals surface area contributed by atoms with Crippen molar-refractivity contribution in [3.8, 4) is 0 Å². The maximum atomic E-state index is 4.08. The summed E-state index contributed by atoms with van der Waals surface area (Å²) in [5.41, 5.74) is 0. The van der Waals surface area contributed by atoms with Gasteiger partial charge in [-0.3, -0.25) is 4.90 Å². The van der Waals surface area contributed by atoms with Gasteiger partial charge in [-0.25, -0.2) is 0 Å². The summed E-state index contributed by atoms with van der Waals surface area (Å²) in [4.78, 5) is 2.77. The third-order valence-corrected chi connectivity index (χ3v) is 6.11. The lowest BCUT2D eigenvalue weighted by Crippen LogP contribution is -2.48. The maximum absolute atomic E-state index is 4.08. The van der Waals surface area contributed by atoms with Gasteiger partial charge in [-0.2, -0.15) is 0 Å². The van der Waals surface area contributed by atoms with Gasteiger partial charge in [0.05, 0.1) is 0 Å². The second-order valence-corrected chi connectivity index (χ2v) is 8.31. The summed E-state index contributed by atoms with van der Waals surface area (Å²) in [6, 6.07) is 3.26. The summed E-state index contributed by atoms with van der Waals surface area (Å²) in [7, 11) is 0. The van der Waals surface area contributed by atoms with E-state index in [0.717, 1.165) is 41.9 Å². The molecule has 1 saturated heterocycles. The van der Waals surface area contributed by atoms with Crippen molar-refractivity contribution in [1.82, 2.24) is 10.2 Å². The van der Waals surface area contributed by atoms with Crippen LogP contribution in [0, 0.1) is 17.8 Å². The second-order valence-electron chi connectivity index (χ2n) is 8.31. The fourth-order valence-corrected chi connectivity index (χ4v) is 4.79. The fourth-order valence-electron chi connectivity index (χ4n) is 4.79. The van der Waals surface area contributed by atoms with Crippen molar-refractivity contribution in [2.45, 2.75) is 90.4 Å². The Labute approximate surface area is 125 Å². The van der Waals surface area contributed by atoms with Crippen LogP contribution in [0.25, 0.3) is 0 Å². The number of nitrogens with one attached hydrogen (secondary N) is 1. The van der Waals surface area contributed by atoms with Crippen LogP contribution in [0.2, 0.25) is 0 Å². The highest BCUT2D eigenvalue weighted by Gasteiger charge is 2.40. The van der Waals surface area contributed by atoms with Gasteiger partial charge in [0.25, 0.3) is 0 Å². The van der Waals surface area contributed by atoms with Gasteiger partial charge < -0.3 is 5.32 Å². The van der Waals surface area contributed by atoms with Crippen LogP contribution >= 0.6 is 0 Å². The Balaban J connectivity index is 1.57. The molecule has 0 aromatic carbocycles. The molecule has 20 heavy (non-hydrogen) atoms. The van der Waals surface area contributed by atoms with E-state index in [1.807, 2.05) is 0 Å². The molecule has 5 unspecified atom stereocenters. The molecule has 2 saturated carbocycles. The number of rotatable bonds is 4. The van der Waals surface area contributed by atoms with Crippen molar-refractivity contribution in [3.63, 3.8) is 0 Å². The molecule has 1 aliphatic heterocycles. The molecule has 0 aromatic heterocycles. The Morgan fingerprint density at radius 1 is 1.00 bits per heavy atom. The molecule has 5 atom stereocenters. The highest BCUT2D eigenvalue weighted by atomic mass is 15.3. The van der Waals surface area contributed by atoms with Gasteiger partial charge in [-0.1, -0.05) is 27.2 Å². The van der Waals surface area contributed by atoms with Crippen LogP contribution in [-0.4, -0.2) is 35.6 Å². The molecule has 0 spiro atoms. The summed E-state index contributed by atoms with van der Waals surface area (Å²) >= 11 is 0. The minimum absolute atomic E-state index is 0.752. The van der Waals surface area contributed by atoms with E-state index in [0.29, 0.717) is 0 Å². The molecule has 2 aliphatic carbocycles. The van der Waals surface area contributed by atoms with Gasteiger partial charge in [0, 0.05) is 30.7 Å². The van der Waals surface area contributed by atoms with Crippen molar-refractivity contribution in [3.05, 3.63) is 0 Å². The Kier molecular flexibility index (Phi) is 4.42. The maximum Gasteiger partial charge on any atom is 0.0212 e. The lowest BCUT2D eigenvalue weighted by molar-refractivity contribution is 0.158. The highest BCUT2D eigenvalue weighted by Crippen LogP contribution is 2.36. The first-order valence-electron chi connectivity index (χ1n) is 9.06. The molecule has 2 heteroatoms. The van der Waals surface area contributed by atoms with Gasteiger partial charge in [-0.15, -0.1) is 0 Å². The van der Waals surface area contributed by atoms with E-state index >= 15 is 0 Å². The van der Waals surface area contributed by atoms with Crippen molar-refractivity contribution < 1.29 is 0 Å². The van der Waals surface area contributed by atoms with E-state index in [9.17, 15) is 0 Å². The first-order valence-corrected chi connectivity index (χ1v) is 9.06. The minimum Gasteiger partial charge on any atom is -0.310 e. The lowest BCUT2D eigenvalue weighted by Gasteiger charge is -2.39. The Bertz CT molecular complexity index is 323. The van der Waals surface area contributed by atoms with Crippen LogP contribution in [0.1, 0.15) is 66.2 Å². The van der Waals surface area contributed by atoms with Crippen LogP contribution in [0.15, 0.2) is 0 Å². The van der Waals surface area contributed by atoms with Crippen molar-refractivity contribution >= 4 is 0 Å². The lowest BCUT2D eigenvalue weighted by atomic mass is 9.74. The zero-order chi connectivity index (χ0) is 14.3. The van der Waals surface area contributed by atoms with Crippen molar-refractivity contribution in [2.75, 3.05) is 6.54 Å². The Hall–Kier alpha value is -0.0800. The van der Waals surface area contributed by atoms with Crippen LogP contribution in [0.5, 0.6) is 0 Å². The minimum atomic E-state index is 0.752. The molecule has 3 fully saturated rings. The molecule has 3 rings (SSSR count). The molecule has 116 valence electrons. The average molecular weight is 278 g/mol. The first kappa shape index (κ1) is 14.8. The smallest absolute Gasteiger partial charge is 0.0212 e. The zero-order valence-electron chi connectivity index (χ0n) is 13.9. The van der Waals surface area contributed by atoms with E-state index in [2.05, 4.69) is 37.9 Å². The summed E-state index contributed by atoms with van der Waals surface area (Å²) < 4.78 is 0. The van der Waals surface area contributed by atoms with Crippen LogP contribution < -0.4 is 5.32 Å². The summed E-state index contributed by atoms with van der Waals surface area (Å²) in [6.07, 6.45) is 8.54. The van der Waals surface area contributed by atoms with Gasteiger partial charge in [0.2, 0.25) is 0 Å². The van der Waals surface area contributed by atoms with E-state index in [1.54, 1.807) is 0 Å². The predicted octanol–water partition coefficient (Wildman–Crippen LogP) is 3.66. The molecular weight excluding hydrogens is 244 g/mol. The molecule has 0 amide bonds. The average Bonchev–Trinajstić information content (AvgIpc) is 3.14. The molecule has 2 nitrogen and oxygen atoms in total. The summed E-state index contributed by atoms with van der Waals surface area (Å²) in [5, 5.41) is 4.08. The number of hydrogen-bond donors (Lipinski definition) is 1. The van der Waals surface area contributed by atoms with E-state index in [-0.39, 0.29) is 0 Å². The first-order chi connectivity index (χ1) is 9.54. The standard InChI is InChI=1S/C18H34N2/c1-12(2)17-8-5-13(3)9-18(17)19-15-10-14(4)20(11-15)16-6-7-16/h12-19H,5-11H2,1-4H3. The van der Waals surface area contributed by atoms with Crippen LogP contribution in [0.3, 0.4) is 0 Å². The van der Waals surface area contributed by atoms with Gasteiger partial charge in [0.15, 0.2) is 0 Å². The van der Waals surface area contributed by atoms with Gasteiger partial charge in [-0.05, 0) is 56.8 Å². The van der Waals surface area contributed by atoms with Crippen LogP contribution in [-0.2, 0) is 0 Å². The highest BCUT2D eigenvalue weighted by molar-refractivity contribution is 4.98. The molecule has 0 bridgehead atoms. The zero-order valence-corrected chi connectivity index (χ0v) is 13.9. The molecule has 0 aromatic rings. The normalized spacial score (nSPS) is 43.4. The van der Waals surface area contributed by atoms with E-state index < -0.39 is 0 Å². The molecule has 3 aliphatic rings. The summed E-state index contributed by atoms with van der Waals surface area (Å²) in [6.45, 7) is 11.0. The van der Waals surface area contributed by atoms with Crippen molar-refractivity contribution in [2.24, 2.45) is 17.8 Å². The molecular formula is C18H34N2. The fraction of sp³-hybridized carbons (Fsp3) is 1.00. The third-order valence-electron chi connectivity index (χ3n) is 6.11. The summed E-state index contributed by atoms with van der Waals surface area (Å²) in [5.74, 6) is 2.65. The van der Waals surface area contributed by atoms with Crippen molar-refractivity contribution in [1.29, 1.82) is 0 Å². The predicted molar refractivity (Wildman–Crippen MR) is 85.9 cm³/mol. The molecule has 0 radical (unpaired) electrons. The van der Waals surface area contributed by atoms with E-state index in [1.165, 1.54) is 45.1 Å². The number of hydrogen-bond acceptors (Lipinski definition) is 2. The molecule has 1 heterocycles. The topological polar surface area (TPSA) is 15.3 Å². The van der Waals surface area contributed by atoms with Gasteiger partial charge in [0.1, 0.15) is 0 Å². The quantitative estimate of drug-likeness (QED) is 0.844. The Morgan fingerprint density at radius 3 is 2.40 bits per heavy atom. The largest absolute Gasteiger partial charge is 0.310 e. The number of nitrogens with zero attached hydrogens (tertiary/aromatic N) is 1. The third kappa shape index (κ3) is 3.22. The number of likely N-dealkylation sites (tertiary alicyclic amines) is 1.